The third-order valence-electron chi connectivity index (χ3n) is 3.06. The number of carbonyl (C=O) groups excluding carboxylic acids is 1. The summed E-state index contributed by atoms with van der Waals surface area (Å²) in [7, 11) is 0. The Morgan fingerprint density at radius 2 is 2.32 bits per heavy atom. The molecule has 2 N–H and O–H groups in total. The SMILES string of the molecule is CCOC(=O)C=C1CCN(Cc2cnc(N)s2)CC1. The Labute approximate surface area is 117 Å². The first-order chi connectivity index (χ1) is 9.17. The molecule has 1 aromatic rings. The summed E-state index contributed by atoms with van der Waals surface area (Å²) in [5, 5.41) is 0.620. The van der Waals surface area contributed by atoms with E-state index in [2.05, 4.69) is 9.88 Å². The maximum atomic E-state index is 11.4. The highest BCUT2D eigenvalue weighted by atomic mass is 32.1. The Bertz CT molecular complexity index is 460. The number of anilines is 1. The summed E-state index contributed by atoms with van der Waals surface area (Å²) in [6.45, 7) is 5.06. The van der Waals surface area contributed by atoms with E-state index in [1.54, 1.807) is 6.08 Å². The average molecular weight is 281 g/mol. The highest BCUT2D eigenvalue weighted by Crippen LogP contribution is 2.21. The molecule has 104 valence electrons. The molecule has 0 unspecified atom stereocenters. The topological polar surface area (TPSA) is 68.5 Å². The highest BCUT2D eigenvalue weighted by molar-refractivity contribution is 7.15. The van der Waals surface area contributed by atoms with Gasteiger partial charge in [0.15, 0.2) is 5.13 Å². The van der Waals surface area contributed by atoms with Crippen LogP contribution in [0.5, 0.6) is 0 Å². The zero-order valence-electron chi connectivity index (χ0n) is 11.1. The predicted molar refractivity (Wildman–Crippen MR) is 75.8 cm³/mol. The Morgan fingerprint density at radius 3 is 2.89 bits per heavy atom. The summed E-state index contributed by atoms with van der Waals surface area (Å²) in [5.74, 6) is -0.221. The predicted octanol–water partition coefficient (Wildman–Crippen LogP) is 1.81. The molecule has 2 rings (SSSR count). The number of piperidine rings is 1. The van der Waals surface area contributed by atoms with Crippen molar-refractivity contribution in [1.82, 2.24) is 9.88 Å². The van der Waals surface area contributed by atoms with Crippen LogP contribution in [0.2, 0.25) is 0 Å². The molecule has 6 heteroatoms. The van der Waals surface area contributed by atoms with Crippen molar-refractivity contribution in [2.45, 2.75) is 26.3 Å². The van der Waals surface area contributed by atoms with Crippen molar-refractivity contribution in [3.05, 3.63) is 22.7 Å². The van der Waals surface area contributed by atoms with E-state index in [1.165, 1.54) is 21.8 Å². The van der Waals surface area contributed by atoms with Gasteiger partial charge in [0.25, 0.3) is 0 Å². The molecule has 5 nitrogen and oxygen atoms in total. The standard InChI is InChI=1S/C13H19N3O2S/c1-2-18-12(17)7-10-3-5-16(6-4-10)9-11-8-15-13(14)19-11/h7-8H,2-6,9H2,1H3,(H2,14,15). The smallest absolute Gasteiger partial charge is 0.330 e. The molecular formula is C13H19N3O2S. The first-order valence-corrected chi connectivity index (χ1v) is 7.27. The van der Waals surface area contributed by atoms with Gasteiger partial charge in [0.1, 0.15) is 0 Å². The minimum atomic E-state index is -0.221. The number of nitrogens with zero attached hydrogens (tertiary/aromatic N) is 2. The quantitative estimate of drug-likeness (QED) is 0.673. The number of likely N-dealkylation sites (tertiary alicyclic amines) is 1. The lowest BCUT2D eigenvalue weighted by atomic mass is 10.0. The Morgan fingerprint density at radius 1 is 1.58 bits per heavy atom. The molecule has 1 aliphatic heterocycles. The number of carbonyl (C=O) groups is 1. The van der Waals surface area contributed by atoms with Crippen LogP contribution >= 0.6 is 11.3 Å². The minimum Gasteiger partial charge on any atom is -0.463 e. The second kappa shape index (κ2) is 6.68. The van der Waals surface area contributed by atoms with Crippen molar-refractivity contribution >= 4 is 22.4 Å². The van der Waals surface area contributed by atoms with Crippen LogP contribution in [0.4, 0.5) is 5.13 Å². The monoisotopic (exact) mass is 281 g/mol. The molecule has 1 fully saturated rings. The molecule has 0 radical (unpaired) electrons. The lowest BCUT2D eigenvalue weighted by Gasteiger charge is -2.27. The molecule has 0 atom stereocenters. The summed E-state index contributed by atoms with van der Waals surface area (Å²) in [4.78, 5) is 19.0. The van der Waals surface area contributed by atoms with Crippen molar-refractivity contribution in [2.75, 3.05) is 25.4 Å². The maximum absolute atomic E-state index is 11.4. The molecule has 19 heavy (non-hydrogen) atoms. The number of nitrogens with two attached hydrogens (primary N) is 1. The van der Waals surface area contributed by atoms with Crippen LogP contribution in [0.3, 0.4) is 0 Å². The number of ether oxygens (including phenoxy) is 1. The van der Waals surface area contributed by atoms with E-state index >= 15 is 0 Å². The first kappa shape index (κ1) is 14.0. The fourth-order valence-corrected chi connectivity index (χ4v) is 2.84. The molecule has 0 aliphatic carbocycles. The van der Waals surface area contributed by atoms with Crippen molar-refractivity contribution in [3.63, 3.8) is 0 Å². The van der Waals surface area contributed by atoms with Crippen molar-refractivity contribution in [2.24, 2.45) is 0 Å². The van der Waals surface area contributed by atoms with Gasteiger partial charge in [0, 0.05) is 36.8 Å². The van der Waals surface area contributed by atoms with E-state index in [4.69, 9.17) is 10.5 Å². The van der Waals surface area contributed by atoms with Crippen LogP contribution in [0, 0.1) is 0 Å². The number of rotatable bonds is 4. The number of aromatic nitrogens is 1. The van der Waals surface area contributed by atoms with Crippen molar-refractivity contribution < 1.29 is 9.53 Å². The number of thiazole rings is 1. The summed E-state index contributed by atoms with van der Waals surface area (Å²) in [5.41, 5.74) is 6.80. The zero-order chi connectivity index (χ0) is 13.7. The van der Waals surface area contributed by atoms with Crippen LogP contribution in [0.25, 0.3) is 0 Å². The first-order valence-electron chi connectivity index (χ1n) is 6.46. The van der Waals surface area contributed by atoms with Crippen LogP contribution in [-0.2, 0) is 16.1 Å². The summed E-state index contributed by atoms with van der Waals surface area (Å²) >= 11 is 1.54. The molecule has 0 bridgehead atoms. The molecule has 1 saturated heterocycles. The second-order valence-electron chi connectivity index (χ2n) is 4.50. The summed E-state index contributed by atoms with van der Waals surface area (Å²) < 4.78 is 4.92. The van der Waals surface area contributed by atoms with Gasteiger partial charge in [-0.3, -0.25) is 4.90 Å². The van der Waals surface area contributed by atoms with Gasteiger partial charge in [-0.1, -0.05) is 5.57 Å². The lowest BCUT2D eigenvalue weighted by molar-refractivity contribution is -0.137. The minimum absolute atomic E-state index is 0.221. The third kappa shape index (κ3) is 4.33. The molecule has 0 saturated carbocycles. The molecule has 1 aromatic heterocycles. The molecule has 0 spiro atoms. The number of hydrogen-bond donors (Lipinski definition) is 1. The van der Waals surface area contributed by atoms with E-state index in [1.807, 2.05) is 13.1 Å². The molecule has 0 aromatic carbocycles. The van der Waals surface area contributed by atoms with E-state index < -0.39 is 0 Å². The summed E-state index contributed by atoms with van der Waals surface area (Å²) in [6, 6.07) is 0. The van der Waals surface area contributed by atoms with Crippen LogP contribution in [0.15, 0.2) is 17.8 Å². The lowest BCUT2D eigenvalue weighted by Crippen LogP contribution is -2.30. The van der Waals surface area contributed by atoms with Gasteiger partial charge in [-0.15, -0.1) is 11.3 Å². The van der Waals surface area contributed by atoms with Gasteiger partial charge in [-0.25, -0.2) is 9.78 Å². The van der Waals surface area contributed by atoms with Gasteiger partial charge in [0.2, 0.25) is 0 Å². The van der Waals surface area contributed by atoms with Gasteiger partial charge in [0.05, 0.1) is 6.61 Å². The van der Waals surface area contributed by atoms with Gasteiger partial charge in [-0.05, 0) is 19.8 Å². The Balaban J connectivity index is 1.80. The number of esters is 1. The van der Waals surface area contributed by atoms with E-state index in [0.717, 1.165) is 32.5 Å². The van der Waals surface area contributed by atoms with Crippen molar-refractivity contribution in [3.8, 4) is 0 Å². The van der Waals surface area contributed by atoms with Gasteiger partial charge >= 0.3 is 5.97 Å². The highest BCUT2D eigenvalue weighted by Gasteiger charge is 2.16. The van der Waals surface area contributed by atoms with Crippen molar-refractivity contribution in [1.29, 1.82) is 0 Å². The largest absolute Gasteiger partial charge is 0.463 e. The summed E-state index contributed by atoms with van der Waals surface area (Å²) in [6.07, 6.45) is 5.33. The third-order valence-corrected chi connectivity index (χ3v) is 3.87. The molecule has 2 heterocycles. The molecule has 0 amide bonds. The fourth-order valence-electron chi connectivity index (χ4n) is 2.11. The normalized spacial score (nSPS) is 16.4. The van der Waals surface area contributed by atoms with Crippen LogP contribution in [-0.4, -0.2) is 35.5 Å². The van der Waals surface area contributed by atoms with Crippen LogP contribution < -0.4 is 5.73 Å². The number of hydrogen-bond acceptors (Lipinski definition) is 6. The molecular weight excluding hydrogens is 262 g/mol. The average Bonchev–Trinajstić information content (AvgIpc) is 2.78. The maximum Gasteiger partial charge on any atom is 0.330 e. The van der Waals surface area contributed by atoms with E-state index in [0.29, 0.717) is 11.7 Å². The van der Waals surface area contributed by atoms with Gasteiger partial charge < -0.3 is 10.5 Å². The zero-order valence-corrected chi connectivity index (χ0v) is 11.9. The second-order valence-corrected chi connectivity index (χ2v) is 5.64. The fraction of sp³-hybridized carbons (Fsp3) is 0.538. The van der Waals surface area contributed by atoms with Crippen LogP contribution in [0.1, 0.15) is 24.6 Å². The van der Waals surface area contributed by atoms with E-state index in [-0.39, 0.29) is 5.97 Å². The molecule has 1 aliphatic rings. The van der Waals surface area contributed by atoms with Gasteiger partial charge in [-0.2, -0.15) is 0 Å². The Kier molecular flexibility index (Phi) is 4.93. The van der Waals surface area contributed by atoms with E-state index in [9.17, 15) is 4.79 Å². The number of nitrogen functional groups attached to an aromatic ring is 1. The Hall–Kier alpha value is -1.40.